The molecule has 3 heterocycles. The number of hydrogen-bond acceptors (Lipinski definition) is 4. The van der Waals surface area contributed by atoms with E-state index in [2.05, 4.69) is 10.1 Å². The molecule has 2 aromatic carbocycles. The molecule has 0 radical (unpaired) electrons. The molecule has 0 fully saturated rings. The summed E-state index contributed by atoms with van der Waals surface area (Å²) in [6.45, 7) is 3.24. The number of carbonyl (C=O) groups excluding carboxylic acids is 1. The molecule has 0 spiro atoms. The number of fused-ring (bicyclic) bond motifs is 2. The standard InChI is InChI=1S/C26H24Cl2N4O2/c1-26(2,3)34-25(33)31-12-19-10-16(18-6-9-24-29-15-30-32(24)13-18)4-7-20(19)21(14-31)17-5-8-22(27)23(28)11-17/h4-11,13,15,21H,12,14H2,1-3H3/i12D2. The third-order valence-electron chi connectivity index (χ3n) is 5.62. The molecule has 1 aliphatic heterocycles. The molecule has 0 aliphatic carbocycles. The number of amides is 1. The van der Waals surface area contributed by atoms with Crippen LogP contribution in [-0.2, 0) is 11.2 Å². The van der Waals surface area contributed by atoms with Gasteiger partial charge < -0.3 is 9.64 Å². The van der Waals surface area contributed by atoms with Gasteiger partial charge in [-0.3, -0.25) is 0 Å². The lowest BCUT2D eigenvalue weighted by atomic mass is 9.83. The Morgan fingerprint density at radius 2 is 1.88 bits per heavy atom. The smallest absolute Gasteiger partial charge is 0.410 e. The summed E-state index contributed by atoms with van der Waals surface area (Å²) in [5.41, 5.74) is 3.53. The van der Waals surface area contributed by atoms with E-state index in [1.807, 2.05) is 36.5 Å². The monoisotopic (exact) mass is 496 g/mol. The Balaban J connectivity index is 1.65. The van der Waals surface area contributed by atoms with E-state index in [0.29, 0.717) is 21.3 Å². The summed E-state index contributed by atoms with van der Waals surface area (Å²) in [5, 5.41) is 5.02. The van der Waals surface area contributed by atoms with E-state index in [9.17, 15) is 4.79 Å². The van der Waals surface area contributed by atoms with Crippen LogP contribution in [0.2, 0.25) is 10.0 Å². The first-order chi connectivity index (χ1) is 16.9. The lowest BCUT2D eigenvalue weighted by Crippen LogP contribution is -2.41. The molecule has 1 amide bonds. The Hall–Kier alpha value is -3.09. The van der Waals surface area contributed by atoms with E-state index >= 15 is 0 Å². The zero-order valence-electron chi connectivity index (χ0n) is 20.9. The van der Waals surface area contributed by atoms with Gasteiger partial charge >= 0.3 is 6.09 Å². The molecular weight excluding hydrogens is 471 g/mol. The van der Waals surface area contributed by atoms with Crippen molar-refractivity contribution in [3.05, 3.63) is 87.8 Å². The van der Waals surface area contributed by atoms with Gasteiger partial charge in [0.2, 0.25) is 0 Å². The fourth-order valence-corrected chi connectivity index (χ4v) is 4.35. The lowest BCUT2D eigenvalue weighted by molar-refractivity contribution is 0.0213. The fraction of sp³-hybridized carbons (Fsp3) is 0.269. The van der Waals surface area contributed by atoms with Crippen molar-refractivity contribution >= 4 is 34.9 Å². The van der Waals surface area contributed by atoms with E-state index in [4.69, 9.17) is 30.7 Å². The quantitative estimate of drug-likeness (QED) is 0.314. The molecule has 0 saturated heterocycles. The maximum atomic E-state index is 13.2. The molecule has 0 bridgehead atoms. The highest BCUT2D eigenvalue weighted by molar-refractivity contribution is 6.42. The number of aromatic nitrogens is 3. The van der Waals surface area contributed by atoms with Gasteiger partial charge in [-0.05, 0) is 73.4 Å². The van der Waals surface area contributed by atoms with Gasteiger partial charge in [-0.15, -0.1) is 0 Å². The van der Waals surface area contributed by atoms with Crippen molar-refractivity contribution in [2.45, 2.75) is 38.8 Å². The van der Waals surface area contributed by atoms with Crippen LogP contribution in [0.25, 0.3) is 16.8 Å². The van der Waals surface area contributed by atoms with Crippen molar-refractivity contribution in [3.8, 4) is 11.1 Å². The predicted molar refractivity (Wildman–Crippen MR) is 133 cm³/mol. The lowest BCUT2D eigenvalue weighted by Gasteiger charge is -2.36. The first-order valence-electron chi connectivity index (χ1n) is 11.8. The van der Waals surface area contributed by atoms with E-state index in [1.165, 1.54) is 6.33 Å². The second kappa shape index (κ2) is 8.60. The number of ether oxygens (including phenoxy) is 1. The first-order valence-corrected chi connectivity index (χ1v) is 11.6. The SMILES string of the molecule is [2H]C1([2H])c2cc(-c3ccc4ncnn4c3)ccc2C(c2ccc(Cl)c(Cl)c2)CN1C(=O)OC(C)(C)C. The maximum absolute atomic E-state index is 13.2. The number of carbonyl (C=O) groups is 1. The molecule has 2 aromatic heterocycles. The summed E-state index contributed by atoms with van der Waals surface area (Å²) in [5.74, 6) is -0.335. The van der Waals surface area contributed by atoms with Gasteiger partial charge in [-0.2, -0.15) is 5.10 Å². The highest BCUT2D eigenvalue weighted by Gasteiger charge is 2.32. The first kappa shape index (κ1) is 20.3. The molecule has 1 atom stereocenters. The minimum atomic E-state index is -2.11. The minimum absolute atomic E-state index is 0.0805. The highest BCUT2D eigenvalue weighted by atomic mass is 35.5. The van der Waals surface area contributed by atoms with Crippen molar-refractivity contribution in [1.82, 2.24) is 19.5 Å². The predicted octanol–water partition coefficient (Wildman–Crippen LogP) is 6.59. The molecular formula is C26H24Cl2N4O2. The number of nitrogens with zero attached hydrogens (tertiary/aromatic N) is 4. The van der Waals surface area contributed by atoms with Crippen LogP contribution in [0.1, 0.15) is 46.1 Å². The highest BCUT2D eigenvalue weighted by Crippen LogP contribution is 2.38. The second-order valence-corrected chi connectivity index (χ2v) is 10.0. The molecule has 34 heavy (non-hydrogen) atoms. The summed E-state index contributed by atoms with van der Waals surface area (Å²) in [4.78, 5) is 18.5. The molecule has 8 heteroatoms. The van der Waals surface area contributed by atoms with Gasteiger partial charge in [0.25, 0.3) is 0 Å². The Morgan fingerprint density at radius 1 is 1.09 bits per heavy atom. The summed E-state index contributed by atoms with van der Waals surface area (Å²) in [6, 6.07) is 14.7. The van der Waals surface area contributed by atoms with Crippen LogP contribution >= 0.6 is 23.2 Å². The number of hydrogen-bond donors (Lipinski definition) is 0. The zero-order valence-corrected chi connectivity index (χ0v) is 20.4. The van der Waals surface area contributed by atoms with Crippen LogP contribution < -0.4 is 0 Å². The fourth-order valence-electron chi connectivity index (χ4n) is 4.05. The number of halogens is 2. The molecule has 0 saturated carbocycles. The van der Waals surface area contributed by atoms with Crippen molar-refractivity contribution in [3.63, 3.8) is 0 Å². The van der Waals surface area contributed by atoms with Crippen LogP contribution in [0.15, 0.2) is 61.1 Å². The Labute approximate surface area is 210 Å². The topological polar surface area (TPSA) is 59.7 Å². The summed E-state index contributed by atoms with van der Waals surface area (Å²) in [7, 11) is 0. The molecule has 0 N–H and O–H groups in total. The van der Waals surface area contributed by atoms with Gasteiger partial charge in [0, 0.05) is 30.7 Å². The van der Waals surface area contributed by atoms with E-state index in [1.54, 1.807) is 43.5 Å². The molecule has 5 rings (SSSR count). The normalized spacial score (nSPS) is 18.3. The minimum Gasteiger partial charge on any atom is -0.444 e. The van der Waals surface area contributed by atoms with Gasteiger partial charge in [0.15, 0.2) is 5.65 Å². The Bertz CT molecular complexity index is 1480. The van der Waals surface area contributed by atoms with Crippen molar-refractivity contribution in [2.75, 3.05) is 6.54 Å². The average Bonchev–Trinajstić information content (AvgIpc) is 3.28. The molecule has 4 aromatic rings. The van der Waals surface area contributed by atoms with Gasteiger partial charge in [-0.25, -0.2) is 14.3 Å². The van der Waals surface area contributed by atoms with Gasteiger partial charge in [0.1, 0.15) is 11.9 Å². The average molecular weight is 497 g/mol. The Kier molecular flexibility index (Phi) is 5.13. The van der Waals surface area contributed by atoms with Crippen LogP contribution in [0, 0.1) is 0 Å². The molecule has 1 unspecified atom stereocenters. The third kappa shape index (κ3) is 4.48. The van der Waals surface area contributed by atoms with Gasteiger partial charge in [0.05, 0.1) is 12.8 Å². The van der Waals surface area contributed by atoms with Crippen LogP contribution in [-0.4, -0.2) is 37.7 Å². The number of benzene rings is 2. The largest absolute Gasteiger partial charge is 0.444 e. The second-order valence-electron chi connectivity index (χ2n) is 9.21. The van der Waals surface area contributed by atoms with Gasteiger partial charge in [-0.1, -0.05) is 41.4 Å². The van der Waals surface area contributed by atoms with Crippen LogP contribution in [0.4, 0.5) is 4.79 Å². The molecule has 6 nitrogen and oxygen atoms in total. The van der Waals surface area contributed by atoms with Crippen molar-refractivity contribution in [1.29, 1.82) is 0 Å². The number of pyridine rings is 1. The summed E-state index contributed by atoms with van der Waals surface area (Å²) < 4.78 is 25.3. The van der Waals surface area contributed by atoms with Crippen molar-refractivity contribution in [2.24, 2.45) is 0 Å². The number of rotatable bonds is 2. The van der Waals surface area contributed by atoms with Crippen LogP contribution in [0.3, 0.4) is 0 Å². The molecule has 174 valence electrons. The van der Waals surface area contributed by atoms with E-state index < -0.39 is 18.2 Å². The third-order valence-corrected chi connectivity index (χ3v) is 6.36. The maximum Gasteiger partial charge on any atom is 0.410 e. The zero-order chi connectivity index (χ0) is 25.8. The summed E-state index contributed by atoms with van der Waals surface area (Å²) in [6.07, 6.45) is 2.59. The molecule has 1 aliphatic rings. The van der Waals surface area contributed by atoms with E-state index in [-0.39, 0.29) is 12.5 Å². The Morgan fingerprint density at radius 3 is 2.65 bits per heavy atom. The summed E-state index contributed by atoms with van der Waals surface area (Å²) >= 11 is 12.5. The van der Waals surface area contributed by atoms with Crippen molar-refractivity contribution < 1.29 is 12.3 Å². The van der Waals surface area contributed by atoms with E-state index in [0.717, 1.165) is 27.2 Å². The van der Waals surface area contributed by atoms with Crippen LogP contribution in [0.5, 0.6) is 0 Å².